The molecule has 1 aromatic rings. The summed E-state index contributed by atoms with van der Waals surface area (Å²) in [4.78, 5) is 4.39. The molecule has 3 nitrogen and oxygen atoms in total. The summed E-state index contributed by atoms with van der Waals surface area (Å²) in [5.41, 5.74) is 8.01. The van der Waals surface area contributed by atoms with Gasteiger partial charge >= 0.3 is 0 Å². The number of rotatable bonds is 1. The molecule has 0 atom stereocenters. The van der Waals surface area contributed by atoms with Crippen LogP contribution in [0.15, 0.2) is 6.33 Å². The molecule has 0 aliphatic rings. The SMILES string of the molecule is Cn1cnc(C(C)(C)N)c1C(C)(C)C. The summed E-state index contributed by atoms with van der Waals surface area (Å²) in [5, 5.41) is 0. The third kappa shape index (κ3) is 1.98. The van der Waals surface area contributed by atoms with E-state index in [0.29, 0.717) is 0 Å². The van der Waals surface area contributed by atoms with Gasteiger partial charge in [0.1, 0.15) is 0 Å². The molecule has 0 aromatic carbocycles. The van der Waals surface area contributed by atoms with Crippen LogP contribution in [0.1, 0.15) is 46.0 Å². The van der Waals surface area contributed by atoms with Crippen LogP contribution in [0.4, 0.5) is 0 Å². The van der Waals surface area contributed by atoms with Crippen molar-refractivity contribution in [3.05, 3.63) is 17.7 Å². The highest BCUT2D eigenvalue weighted by molar-refractivity contribution is 5.26. The van der Waals surface area contributed by atoms with Crippen LogP contribution in [0.2, 0.25) is 0 Å². The molecule has 3 heteroatoms. The fourth-order valence-electron chi connectivity index (χ4n) is 1.79. The fourth-order valence-corrected chi connectivity index (χ4v) is 1.79. The van der Waals surface area contributed by atoms with Crippen LogP contribution in [0, 0.1) is 0 Å². The smallest absolute Gasteiger partial charge is 0.0950 e. The molecule has 14 heavy (non-hydrogen) atoms. The van der Waals surface area contributed by atoms with Crippen LogP contribution in [0.5, 0.6) is 0 Å². The van der Waals surface area contributed by atoms with Gasteiger partial charge in [0.2, 0.25) is 0 Å². The Balaban J connectivity index is 3.35. The molecule has 0 saturated carbocycles. The molecule has 0 aliphatic carbocycles. The third-order valence-corrected chi connectivity index (χ3v) is 2.26. The molecule has 80 valence electrons. The number of aryl methyl sites for hydroxylation is 1. The van der Waals surface area contributed by atoms with Crippen molar-refractivity contribution in [2.45, 2.75) is 45.6 Å². The van der Waals surface area contributed by atoms with E-state index in [2.05, 4.69) is 30.3 Å². The lowest BCUT2D eigenvalue weighted by Gasteiger charge is -2.26. The second-order valence-electron chi connectivity index (χ2n) is 5.52. The number of hydrogen-bond acceptors (Lipinski definition) is 2. The van der Waals surface area contributed by atoms with Crippen molar-refractivity contribution in [3.8, 4) is 0 Å². The average molecular weight is 195 g/mol. The molecule has 1 heterocycles. The Labute approximate surface area is 86.3 Å². The van der Waals surface area contributed by atoms with Gasteiger partial charge in [0.25, 0.3) is 0 Å². The summed E-state index contributed by atoms with van der Waals surface area (Å²) < 4.78 is 2.06. The Morgan fingerprint density at radius 2 is 1.71 bits per heavy atom. The van der Waals surface area contributed by atoms with Crippen molar-refractivity contribution in [2.24, 2.45) is 12.8 Å². The zero-order valence-corrected chi connectivity index (χ0v) is 10.0. The van der Waals surface area contributed by atoms with Gasteiger partial charge in [-0.1, -0.05) is 20.8 Å². The summed E-state index contributed by atoms with van der Waals surface area (Å²) in [6.45, 7) is 10.5. The molecule has 0 fully saturated rings. The van der Waals surface area contributed by atoms with Gasteiger partial charge in [-0.2, -0.15) is 0 Å². The zero-order valence-electron chi connectivity index (χ0n) is 10.0. The second-order valence-corrected chi connectivity index (χ2v) is 5.52. The monoisotopic (exact) mass is 195 g/mol. The average Bonchev–Trinajstić information content (AvgIpc) is 2.27. The highest BCUT2D eigenvalue weighted by Gasteiger charge is 2.29. The quantitative estimate of drug-likeness (QED) is 0.744. The first-order valence-electron chi connectivity index (χ1n) is 4.95. The lowest BCUT2D eigenvalue weighted by atomic mass is 9.85. The van der Waals surface area contributed by atoms with E-state index in [1.165, 1.54) is 5.69 Å². The summed E-state index contributed by atoms with van der Waals surface area (Å²) in [6.07, 6.45) is 1.84. The van der Waals surface area contributed by atoms with Gasteiger partial charge in [0.15, 0.2) is 0 Å². The van der Waals surface area contributed by atoms with Gasteiger partial charge in [-0.15, -0.1) is 0 Å². The first-order chi connectivity index (χ1) is 6.14. The Morgan fingerprint density at radius 1 is 1.21 bits per heavy atom. The van der Waals surface area contributed by atoms with Crippen molar-refractivity contribution in [3.63, 3.8) is 0 Å². The molecule has 0 unspecified atom stereocenters. The van der Waals surface area contributed by atoms with E-state index in [1.807, 2.05) is 27.2 Å². The Bertz CT molecular complexity index is 323. The number of imidazole rings is 1. The van der Waals surface area contributed by atoms with E-state index in [0.717, 1.165) is 5.69 Å². The maximum absolute atomic E-state index is 6.09. The molecule has 0 aliphatic heterocycles. The highest BCUT2D eigenvalue weighted by atomic mass is 15.1. The maximum atomic E-state index is 6.09. The first-order valence-corrected chi connectivity index (χ1v) is 4.95. The minimum atomic E-state index is -0.371. The molecule has 0 saturated heterocycles. The van der Waals surface area contributed by atoms with Gasteiger partial charge < -0.3 is 10.3 Å². The Hall–Kier alpha value is -0.830. The van der Waals surface area contributed by atoms with E-state index in [4.69, 9.17) is 5.73 Å². The van der Waals surface area contributed by atoms with Gasteiger partial charge in [-0.3, -0.25) is 0 Å². The van der Waals surface area contributed by atoms with E-state index >= 15 is 0 Å². The third-order valence-electron chi connectivity index (χ3n) is 2.26. The predicted octanol–water partition coefficient (Wildman–Crippen LogP) is 1.91. The topological polar surface area (TPSA) is 43.8 Å². The standard InChI is InChI=1S/C11H21N3/c1-10(2,3)9-8(11(4,5)12)13-7-14(9)6/h7H,12H2,1-6H3. The van der Waals surface area contributed by atoms with Crippen LogP contribution in [0.3, 0.4) is 0 Å². The Morgan fingerprint density at radius 3 is 2.00 bits per heavy atom. The molecule has 1 rings (SSSR count). The summed E-state index contributed by atoms with van der Waals surface area (Å²) >= 11 is 0. The molecular weight excluding hydrogens is 174 g/mol. The minimum absolute atomic E-state index is 0.0806. The van der Waals surface area contributed by atoms with Crippen molar-refractivity contribution in [1.29, 1.82) is 0 Å². The number of aromatic nitrogens is 2. The minimum Gasteiger partial charge on any atom is -0.337 e. The second kappa shape index (κ2) is 3.09. The van der Waals surface area contributed by atoms with E-state index < -0.39 is 0 Å². The van der Waals surface area contributed by atoms with E-state index in [1.54, 1.807) is 0 Å². The lowest BCUT2D eigenvalue weighted by Crippen LogP contribution is -2.33. The van der Waals surface area contributed by atoms with Gasteiger partial charge in [0, 0.05) is 18.2 Å². The van der Waals surface area contributed by atoms with Crippen molar-refractivity contribution in [2.75, 3.05) is 0 Å². The number of nitrogens with two attached hydrogens (primary N) is 1. The van der Waals surface area contributed by atoms with Crippen molar-refractivity contribution < 1.29 is 0 Å². The highest BCUT2D eigenvalue weighted by Crippen LogP contribution is 2.29. The van der Waals surface area contributed by atoms with Gasteiger partial charge in [-0.05, 0) is 13.8 Å². The van der Waals surface area contributed by atoms with Crippen LogP contribution in [-0.2, 0) is 18.0 Å². The zero-order chi connectivity index (χ0) is 11.1. The molecule has 0 amide bonds. The summed E-state index contributed by atoms with van der Waals surface area (Å²) in [6, 6.07) is 0. The van der Waals surface area contributed by atoms with Crippen LogP contribution in [-0.4, -0.2) is 9.55 Å². The molecule has 0 bridgehead atoms. The molecular formula is C11H21N3. The van der Waals surface area contributed by atoms with E-state index in [9.17, 15) is 0 Å². The van der Waals surface area contributed by atoms with Gasteiger partial charge in [0.05, 0.1) is 17.6 Å². The number of hydrogen-bond donors (Lipinski definition) is 1. The Kier molecular flexibility index (Phi) is 2.48. The fraction of sp³-hybridized carbons (Fsp3) is 0.727. The summed E-state index contributed by atoms with van der Waals surface area (Å²) in [5.74, 6) is 0. The van der Waals surface area contributed by atoms with Crippen LogP contribution < -0.4 is 5.73 Å². The van der Waals surface area contributed by atoms with Crippen LogP contribution in [0.25, 0.3) is 0 Å². The molecule has 0 radical (unpaired) electrons. The van der Waals surface area contributed by atoms with Gasteiger partial charge in [-0.25, -0.2) is 4.98 Å². The van der Waals surface area contributed by atoms with Crippen molar-refractivity contribution in [1.82, 2.24) is 9.55 Å². The first kappa shape index (κ1) is 11.2. The maximum Gasteiger partial charge on any atom is 0.0950 e. The molecule has 2 N–H and O–H groups in total. The largest absolute Gasteiger partial charge is 0.337 e. The molecule has 0 spiro atoms. The predicted molar refractivity (Wildman–Crippen MR) is 59.1 cm³/mol. The normalized spacial score (nSPS) is 13.4. The summed E-state index contributed by atoms with van der Waals surface area (Å²) in [7, 11) is 2.02. The van der Waals surface area contributed by atoms with E-state index in [-0.39, 0.29) is 11.0 Å². The molecule has 1 aromatic heterocycles. The lowest BCUT2D eigenvalue weighted by molar-refractivity contribution is 0.482. The van der Waals surface area contributed by atoms with Crippen molar-refractivity contribution >= 4 is 0 Å². The number of nitrogens with zero attached hydrogens (tertiary/aromatic N) is 2. The van der Waals surface area contributed by atoms with Crippen LogP contribution >= 0.6 is 0 Å².